The van der Waals surface area contributed by atoms with Crippen LogP contribution in [0, 0.1) is 10.8 Å². The summed E-state index contributed by atoms with van der Waals surface area (Å²) in [7, 11) is 12.0. The third kappa shape index (κ3) is 35.1. The molecule has 2 saturated heterocycles. The third-order valence-corrected chi connectivity index (χ3v) is 13.1. The largest absolute Gasteiger partial charge is 0.374 e. The van der Waals surface area contributed by atoms with Gasteiger partial charge in [0.2, 0.25) is 0 Å². The molecule has 0 aromatic rings. The minimum absolute atomic E-state index is 0.698. The summed E-state index contributed by atoms with van der Waals surface area (Å²) in [5.74, 6) is 9.39. The fourth-order valence-electron chi connectivity index (χ4n) is 7.54. The third-order valence-electron chi connectivity index (χ3n) is 13.1. The molecule has 0 unspecified atom stereocenters. The minimum atomic E-state index is 0.698. The van der Waals surface area contributed by atoms with Crippen LogP contribution in [0.2, 0.25) is 0 Å². The highest BCUT2D eigenvalue weighted by Gasteiger charge is 2.12. The first kappa shape index (κ1) is 68.2. The van der Waals surface area contributed by atoms with Crippen LogP contribution in [-0.2, 0) is 0 Å². The van der Waals surface area contributed by atoms with E-state index >= 15 is 0 Å². The number of nitrogens with zero attached hydrogens (tertiary/aromatic N) is 15. The first-order valence-electron chi connectivity index (χ1n) is 27.3. The molecule has 0 aromatic carbocycles. The van der Waals surface area contributed by atoms with Crippen LogP contribution in [0.1, 0.15) is 108 Å². The average Bonchev–Trinajstić information content (AvgIpc) is 4.01. The Morgan fingerprint density at radius 2 is 0.986 bits per heavy atom. The van der Waals surface area contributed by atoms with E-state index in [1.807, 2.05) is 60.5 Å². The van der Waals surface area contributed by atoms with Crippen LogP contribution in [-0.4, -0.2) is 278 Å². The second-order valence-electron chi connectivity index (χ2n) is 19.1. The molecule has 0 atom stereocenters. The Morgan fingerprint density at radius 1 is 0.493 bits per heavy atom. The van der Waals surface area contributed by atoms with Crippen LogP contribution in [0.15, 0.2) is 34.9 Å². The SMILES string of the molecule is CC(=N)N1CCCN(C)CC1.CC(=N)N1CCCNCC1.CC1=NCCCN1.CC1=NCCCN1C.CC1=NCCN1.CC1=NCCN1C.CCN1CCCN=C1C.CCN1CCN=C1C.CN=C(C)N(C)C. The fraction of sp³-hybridized carbons (Fsp3) is 0.830. The number of aliphatic imine (C=N–C) groups is 7. The summed E-state index contributed by atoms with van der Waals surface area (Å²) in [4.78, 5) is 46.5. The van der Waals surface area contributed by atoms with Crippen LogP contribution in [0.5, 0.6) is 0 Å². The summed E-state index contributed by atoms with van der Waals surface area (Å²) >= 11 is 0. The average molecular weight is 1030 g/mol. The molecule has 0 aromatic heterocycles. The Morgan fingerprint density at radius 3 is 1.33 bits per heavy atom. The van der Waals surface area contributed by atoms with Gasteiger partial charge in [0.15, 0.2) is 0 Å². The van der Waals surface area contributed by atoms with E-state index in [2.05, 4.69) is 141 Å². The topological polar surface area (TPSA) is 196 Å². The zero-order valence-corrected chi connectivity index (χ0v) is 49.8. The Hall–Kier alpha value is -4.85. The van der Waals surface area contributed by atoms with Crippen molar-refractivity contribution in [2.75, 3.05) is 186 Å². The van der Waals surface area contributed by atoms with Gasteiger partial charge in [0, 0.05) is 146 Å². The molecule has 20 heteroatoms. The Balaban J connectivity index is 0.000000803. The van der Waals surface area contributed by atoms with Crippen LogP contribution in [0.4, 0.5) is 0 Å². The standard InChI is InChI=1S/C8H17N3.C7H15N3.C7H14N2.2C6H12N2.2C5H10N2.C5H12N2.C4H8N2/c1-8(9)11-5-3-4-10(2)6-7-11;1-7(8)10-5-2-3-9-4-6-10;1-3-9-6-4-5-8-7(9)2;1-6-7-4-3-5-8(6)2;1-3-8-5-4-7-6(8)2;1-5-6-3-4-7(5)2;1-5-6-3-2-4-7-5;1-5(6-2)7(3)4;1-4-5-2-3-6-4/h9H,3-7H2,1-2H3;8-9H,2-6H2,1H3;3-6H2,1-2H3;2*3-5H2,1-2H3;3-4H2,1-2H3;2-4H2,1H3,(H,6,7);1-4H3;2-3H2,1H3,(H,5,6). The molecule has 8 aliphatic heterocycles. The minimum Gasteiger partial charge on any atom is -0.374 e. The number of rotatable bonds is 2. The molecule has 8 rings (SSSR count). The number of hydrogen-bond acceptors (Lipinski definition) is 17. The summed E-state index contributed by atoms with van der Waals surface area (Å²) in [6.07, 6.45) is 5.99. The molecule has 0 spiro atoms. The number of amidine groups is 9. The van der Waals surface area contributed by atoms with Gasteiger partial charge in [0.25, 0.3) is 0 Å². The van der Waals surface area contributed by atoms with E-state index in [1.165, 1.54) is 68.7 Å². The quantitative estimate of drug-likeness (QED) is 0.187. The highest BCUT2D eigenvalue weighted by atomic mass is 15.2. The molecule has 0 bridgehead atoms. The maximum absolute atomic E-state index is 7.46. The normalized spacial score (nSPS) is 19.5. The van der Waals surface area contributed by atoms with Crippen molar-refractivity contribution in [1.29, 1.82) is 10.8 Å². The van der Waals surface area contributed by atoms with E-state index in [1.54, 1.807) is 7.05 Å². The summed E-state index contributed by atoms with van der Waals surface area (Å²) in [6, 6.07) is 0. The van der Waals surface area contributed by atoms with E-state index < -0.39 is 0 Å². The fourth-order valence-corrected chi connectivity index (χ4v) is 7.54. The van der Waals surface area contributed by atoms with Gasteiger partial charge < -0.3 is 55.1 Å². The maximum Gasteiger partial charge on any atom is 0.0958 e. The van der Waals surface area contributed by atoms with Gasteiger partial charge in [0.1, 0.15) is 0 Å². The van der Waals surface area contributed by atoms with Crippen molar-refractivity contribution in [3.63, 3.8) is 0 Å². The molecular weight excluding hydrogens is 917 g/mol. The van der Waals surface area contributed by atoms with Gasteiger partial charge in [-0.3, -0.25) is 45.8 Å². The van der Waals surface area contributed by atoms with E-state index in [0.717, 1.165) is 148 Å². The molecule has 0 radical (unpaired) electrons. The molecular formula is C53H110N20. The van der Waals surface area contributed by atoms with Crippen LogP contribution in [0.3, 0.4) is 0 Å². The summed E-state index contributed by atoms with van der Waals surface area (Å²) in [6.45, 7) is 45.7. The predicted octanol–water partition coefficient (Wildman–Crippen LogP) is 4.86. The Bertz CT molecular complexity index is 1690. The monoisotopic (exact) mass is 1030 g/mol. The molecule has 0 saturated carbocycles. The van der Waals surface area contributed by atoms with Crippen LogP contribution < -0.4 is 16.0 Å². The van der Waals surface area contributed by atoms with E-state index in [-0.39, 0.29) is 0 Å². The highest BCUT2D eigenvalue weighted by molar-refractivity contribution is 5.82. The van der Waals surface area contributed by atoms with Crippen molar-refractivity contribution in [1.82, 2.24) is 55.1 Å². The second kappa shape index (κ2) is 42.5. The van der Waals surface area contributed by atoms with Crippen molar-refractivity contribution < 1.29 is 0 Å². The molecule has 8 aliphatic rings. The van der Waals surface area contributed by atoms with Crippen LogP contribution in [0.25, 0.3) is 0 Å². The molecule has 0 aliphatic carbocycles. The zero-order chi connectivity index (χ0) is 55.0. The van der Waals surface area contributed by atoms with Gasteiger partial charge in [-0.2, -0.15) is 0 Å². The lowest BCUT2D eigenvalue weighted by Gasteiger charge is -2.25. The molecule has 20 nitrogen and oxygen atoms in total. The molecule has 8 heterocycles. The number of nitrogens with one attached hydrogen (secondary N) is 5. The van der Waals surface area contributed by atoms with Crippen molar-refractivity contribution in [3.05, 3.63) is 0 Å². The van der Waals surface area contributed by atoms with Gasteiger partial charge in [-0.25, -0.2) is 0 Å². The van der Waals surface area contributed by atoms with E-state index in [9.17, 15) is 0 Å². The molecule has 73 heavy (non-hydrogen) atoms. The Labute approximate surface area is 446 Å². The second-order valence-corrected chi connectivity index (χ2v) is 19.1. The number of hydrogen-bond donors (Lipinski definition) is 5. The van der Waals surface area contributed by atoms with Crippen molar-refractivity contribution in [2.45, 2.75) is 108 Å². The van der Waals surface area contributed by atoms with Gasteiger partial charge >= 0.3 is 0 Å². The lowest BCUT2D eigenvalue weighted by molar-refractivity contribution is 0.345. The first-order chi connectivity index (χ1) is 34.8. The van der Waals surface area contributed by atoms with Crippen molar-refractivity contribution in [3.8, 4) is 0 Å². The smallest absolute Gasteiger partial charge is 0.0958 e. The lowest BCUT2D eigenvalue weighted by atomic mass is 10.3. The van der Waals surface area contributed by atoms with Crippen LogP contribution >= 0.6 is 0 Å². The molecule has 2 fully saturated rings. The summed E-state index contributed by atoms with van der Waals surface area (Å²) in [5, 5.41) is 24.3. The first-order valence-corrected chi connectivity index (χ1v) is 27.3. The summed E-state index contributed by atoms with van der Waals surface area (Å²) < 4.78 is 0. The van der Waals surface area contributed by atoms with Gasteiger partial charge in [0.05, 0.1) is 72.2 Å². The van der Waals surface area contributed by atoms with Crippen molar-refractivity contribution in [2.24, 2.45) is 34.9 Å². The van der Waals surface area contributed by atoms with E-state index in [0.29, 0.717) is 11.7 Å². The predicted molar refractivity (Wildman–Crippen MR) is 320 cm³/mol. The molecule has 0 amide bonds. The number of likely N-dealkylation sites (N-methyl/N-ethyl adjacent to an activating group) is 3. The van der Waals surface area contributed by atoms with Crippen molar-refractivity contribution >= 4 is 52.5 Å². The lowest BCUT2D eigenvalue weighted by Crippen LogP contribution is -2.33. The van der Waals surface area contributed by atoms with Gasteiger partial charge in [-0.05, 0) is 128 Å². The van der Waals surface area contributed by atoms with Gasteiger partial charge in [-0.15, -0.1) is 0 Å². The maximum atomic E-state index is 7.46. The zero-order valence-electron chi connectivity index (χ0n) is 49.8. The highest BCUT2D eigenvalue weighted by Crippen LogP contribution is 2.03. The van der Waals surface area contributed by atoms with Gasteiger partial charge in [-0.1, -0.05) is 0 Å². The van der Waals surface area contributed by atoms with E-state index in [4.69, 9.17) is 10.8 Å². The molecule has 5 N–H and O–H groups in total. The molecule has 422 valence electrons. The summed E-state index contributed by atoms with van der Waals surface area (Å²) in [5.41, 5.74) is 0. The Kier molecular flexibility index (Phi) is 39.7.